The van der Waals surface area contributed by atoms with Crippen LogP contribution in [0, 0.1) is 5.41 Å². The van der Waals surface area contributed by atoms with Gasteiger partial charge in [-0.2, -0.15) is 0 Å². The van der Waals surface area contributed by atoms with Crippen LogP contribution >= 0.6 is 0 Å². The zero-order chi connectivity index (χ0) is 21.6. The van der Waals surface area contributed by atoms with Crippen molar-refractivity contribution in [1.29, 1.82) is 5.41 Å². The third-order valence-electron chi connectivity index (χ3n) is 5.52. The quantitative estimate of drug-likeness (QED) is 0.318. The van der Waals surface area contributed by atoms with E-state index >= 15 is 0 Å². The molecule has 0 fully saturated rings. The summed E-state index contributed by atoms with van der Waals surface area (Å²) in [6.45, 7) is 2.99. The van der Waals surface area contributed by atoms with Crippen LogP contribution in [0.3, 0.4) is 0 Å². The molecule has 0 bridgehead atoms. The zero-order valence-corrected chi connectivity index (χ0v) is 18.4. The monoisotopic (exact) mass is 411 g/mol. The minimum Gasteiger partial charge on any atom is -0.494 e. The van der Waals surface area contributed by atoms with E-state index in [-0.39, 0.29) is 0 Å². The number of carbonyl (C=O) groups is 1. The number of unbranched alkanes of at least 4 members (excludes halogenated alkanes) is 9. The van der Waals surface area contributed by atoms with Crippen LogP contribution in [-0.4, -0.2) is 23.4 Å². The van der Waals surface area contributed by atoms with Crippen molar-refractivity contribution in [1.82, 2.24) is 0 Å². The van der Waals surface area contributed by atoms with Gasteiger partial charge in [0.15, 0.2) is 0 Å². The number of allylic oxidation sites excluding steroid dienone is 1. The van der Waals surface area contributed by atoms with E-state index in [1.807, 2.05) is 30.3 Å². The summed E-state index contributed by atoms with van der Waals surface area (Å²) in [4.78, 5) is 11.4. The Labute approximate surface area is 181 Å². The molecule has 0 aliphatic heterocycles. The average molecular weight is 412 g/mol. The smallest absolute Gasteiger partial charge is 0.335 e. The number of rotatable bonds is 14. The molecule has 0 heterocycles. The summed E-state index contributed by atoms with van der Waals surface area (Å²) in [5, 5.41) is 17.2. The van der Waals surface area contributed by atoms with Gasteiger partial charge in [-0.3, -0.25) is 0 Å². The van der Waals surface area contributed by atoms with Gasteiger partial charge in [0.25, 0.3) is 0 Å². The molecule has 0 radical (unpaired) electrons. The van der Waals surface area contributed by atoms with E-state index in [1.165, 1.54) is 57.8 Å². The average Bonchev–Trinajstić information content (AvgIpc) is 2.73. The molecule has 1 aromatic carbocycles. The second kappa shape index (κ2) is 13.8. The standard InChI is InChI=1S/C26H37NO3/c1-2-3-4-5-6-7-8-9-10-11-18-30-24-15-12-21(13-16-24)19-22-20-23(27)14-17-25(22)26(28)29/h12-13,15-17,19,27H,2-11,14,18,20H2,1H3,(H,28,29). The fraction of sp³-hybridized carbons (Fsp3) is 0.538. The summed E-state index contributed by atoms with van der Waals surface area (Å²) in [5.74, 6) is -0.0799. The summed E-state index contributed by atoms with van der Waals surface area (Å²) in [7, 11) is 0. The van der Waals surface area contributed by atoms with Gasteiger partial charge in [-0.1, -0.05) is 89.0 Å². The fourth-order valence-electron chi connectivity index (χ4n) is 3.75. The lowest BCUT2D eigenvalue weighted by molar-refractivity contribution is -0.132. The second-order valence-corrected chi connectivity index (χ2v) is 8.18. The first-order chi connectivity index (χ1) is 14.6. The van der Waals surface area contributed by atoms with Crippen molar-refractivity contribution in [2.75, 3.05) is 6.61 Å². The van der Waals surface area contributed by atoms with Crippen LogP contribution in [0.25, 0.3) is 6.08 Å². The molecular weight excluding hydrogens is 374 g/mol. The van der Waals surface area contributed by atoms with Gasteiger partial charge in [0, 0.05) is 18.6 Å². The lowest BCUT2D eigenvalue weighted by atomic mass is 9.90. The van der Waals surface area contributed by atoms with Crippen molar-refractivity contribution in [3.8, 4) is 5.75 Å². The van der Waals surface area contributed by atoms with Gasteiger partial charge >= 0.3 is 5.97 Å². The lowest BCUT2D eigenvalue weighted by Crippen LogP contribution is -2.12. The van der Waals surface area contributed by atoms with E-state index in [0.717, 1.165) is 24.3 Å². The number of hydrogen-bond acceptors (Lipinski definition) is 3. The van der Waals surface area contributed by atoms with Crippen LogP contribution in [-0.2, 0) is 4.79 Å². The van der Waals surface area contributed by atoms with Crippen LogP contribution in [0.2, 0.25) is 0 Å². The molecule has 0 aromatic heterocycles. The highest BCUT2D eigenvalue weighted by Crippen LogP contribution is 2.25. The highest BCUT2D eigenvalue weighted by atomic mass is 16.5. The maximum Gasteiger partial charge on any atom is 0.335 e. The Morgan fingerprint density at radius 3 is 2.20 bits per heavy atom. The number of benzene rings is 1. The van der Waals surface area contributed by atoms with Crippen LogP contribution < -0.4 is 4.74 Å². The number of hydrogen-bond donors (Lipinski definition) is 2. The Bertz CT molecular complexity index is 731. The van der Waals surface area contributed by atoms with Crippen molar-refractivity contribution < 1.29 is 14.6 Å². The van der Waals surface area contributed by atoms with Crippen LogP contribution in [0.4, 0.5) is 0 Å². The minimum absolute atomic E-state index is 0.312. The maximum absolute atomic E-state index is 11.4. The molecule has 0 unspecified atom stereocenters. The van der Waals surface area contributed by atoms with Gasteiger partial charge in [-0.15, -0.1) is 0 Å². The highest BCUT2D eigenvalue weighted by Gasteiger charge is 2.19. The largest absolute Gasteiger partial charge is 0.494 e. The third kappa shape index (κ3) is 8.98. The van der Waals surface area contributed by atoms with Gasteiger partial charge in [-0.05, 0) is 29.7 Å². The van der Waals surface area contributed by atoms with Crippen LogP contribution in [0.15, 0.2) is 41.5 Å². The van der Waals surface area contributed by atoms with Gasteiger partial charge in [0.1, 0.15) is 5.75 Å². The van der Waals surface area contributed by atoms with Gasteiger partial charge in [-0.25, -0.2) is 4.79 Å². The van der Waals surface area contributed by atoms with E-state index in [0.29, 0.717) is 29.7 Å². The lowest BCUT2D eigenvalue weighted by Gasteiger charge is -2.15. The first-order valence-corrected chi connectivity index (χ1v) is 11.5. The molecule has 0 saturated heterocycles. The first-order valence-electron chi connectivity index (χ1n) is 11.5. The molecule has 30 heavy (non-hydrogen) atoms. The molecule has 4 heteroatoms. The molecule has 0 atom stereocenters. The van der Waals surface area contributed by atoms with Crippen molar-refractivity contribution >= 4 is 17.8 Å². The predicted octanol–water partition coefficient (Wildman–Crippen LogP) is 7.19. The van der Waals surface area contributed by atoms with E-state index in [2.05, 4.69) is 6.92 Å². The van der Waals surface area contributed by atoms with Crippen molar-refractivity contribution in [3.05, 3.63) is 47.1 Å². The molecular formula is C26H37NO3. The molecule has 164 valence electrons. The normalized spacial score (nSPS) is 15.3. The van der Waals surface area contributed by atoms with Crippen LogP contribution in [0.1, 0.15) is 89.5 Å². The number of carboxylic acid groups (broad SMARTS) is 1. The fourth-order valence-corrected chi connectivity index (χ4v) is 3.75. The third-order valence-corrected chi connectivity index (χ3v) is 5.52. The minimum atomic E-state index is -0.926. The summed E-state index contributed by atoms with van der Waals surface area (Å²) < 4.78 is 5.84. The Morgan fingerprint density at radius 2 is 1.60 bits per heavy atom. The van der Waals surface area contributed by atoms with Gasteiger partial charge in [0.2, 0.25) is 0 Å². The first kappa shape index (κ1) is 23.9. The van der Waals surface area contributed by atoms with Crippen LogP contribution in [0.5, 0.6) is 5.75 Å². The van der Waals surface area contributed by atoms with Crippen molar-refractivity contribution in [3.63, 3.8) is 0 Å². The summed E-state index contributed by atoms with van der Waals surface area (Å²) in [6.07, 6.45) is 17.4. The molecule has 0 spiro atoms. The Morgan fingerprint density at radius 1 is 1.00 bits per heavy atom. The Kier molecular flexibility index (Phi) is 11.0. The van der Waals surface area contributed by atoms with E-state index in [4.69, 9.17) is 10.1 Å². The molecule has 2 N–H and O–H groups in total. The highest BCUT2D eigenvalue weighted by molar-refractivity contribution is 6.00. The molecule has 1 aliphatic rings. The molecule has 0 amide bonds. The van der Waals surface area contributed by atoms with Crippen molar-refractivity contribution in [2.24, 2.45) is 0 Å². The van der Waals surface area contributed by atoms with E-state index < -0.39 is 5.97 Å². The summed E-state index contributed by atoms with van der Waals surface area (Å²) in [6, 6.07) is 7.75. The summed E-state index contributed by atoms with van der Waals surface area (Å²) >= 11 is 0. The van der Waals surface area contributed by atoms with E-state index in [9.17, 15) is 9.90 Å². The second-order valence-electron chi connectivity index (χ2n) is 8.18. The zero-order valence-electron chi connectivity index (χ0n) is 18.4. The van der Waals surface area contributed by atoms with E-state index in [1.54, 1.807) is 6.08 Å². The topological polar surface area (TPSA) is 70.4 Å². The molecule has 4 nitrogen and oxygen atoms in total. The van der Waals surface area contributed by atoms with Crippen molar-refractivity contribution in [2.45, 2.75) is 84.0 Å². The number of ether oxygens (including phenoxy) is 1. The number of nitrogens with one attached hydrogen (secondary N) is 1. The number of aliphatic carboxylic acids is 1. The molecule has 2 rings (SSSR count). The Balaban J connectivity index is 1.66. The predicted molar refractivity (Wildman–Crippen MR) is 124 cm³/mol. The molecule has 1 aromatic rings. The van der Waals surface area contributed by atoms with Gasteiger partial charge in [0.05, 0.1) is 12.2 Å². The Hall–Kier alpha value is -2.36. The summed E-state index contributed by atoms with van der Waals surface area (Å²) in [5.41, 5.74) is 2.48. The van der Waals surface area contributed by atoms with Gasteiger partial charge < -0.3 is 15.3 Å². The number of carboxylic acids is 1. The molecule has 1 aliphatic carbocycles. The molecule has 0 saturated carbocycles. The maximum atomic E-state index is 11.4. The SMILES string of the molecule is CCCCCCCCCCCCOc1ccc(C=C2CC(=N)CC=C2C(=O)O)cc1.